The van der Waals surface area contributed by atoms with Crippen LogP contribution in [0.25, 0.3) is 21.8 Å². The van der Waals surface area contributed by atoms with Crippen molar-refractivity contribution in [3.8, 4) is 5.75 Å². The van der Waals surface area contributed by atoms with Gasteiger partial charge >= 0.3 is 0 Å². The summed E-state index contributed by atoms with van der Waals surface area (Å²) in [6.45, 7) is 1.36. The number of carbonyl (C=O) groups excluding carboxylic acids is 2. The zero-order chi connectivity index (χ0) is 45.5. The highest BCUT2D eigenvalue weighted by molar-refractivity contribution is 7.12. The van der Waals surface area contributed by atoms with Crippen molar-refractivity contribution in [1.82, 2.24) is 15.6 Å². The van der Waals surface area contributed by atoms with E-state index in [0.717, 1.165) is 77.6 Å². The number of hydrogen-bond donors (Lipinski definition) is 6. The highest BCUT2D eigenvalue weighted by Gasteiger charge is 2.12. The van der Waals surface area contributed by atoms with Gasteiger partial charge in [-0.15, -0.1) is 22.7 Å². The number of aromatic nitrogens is 1. The number of nitrogens with zero attached hydrogens (tertiary/aromatic N) is 2. The van der Waals surface area contributed by atoms with Crippen LogP contribution in [-0.2, 0) is 17.6 Å². The molecule has 330 valence electrons. The smallest absolute Gasteiger partial charge is 0.253 e. The van der Waals surface area contributed by atoms with Crippen LogP contribution in [0.3, 0.4) is 0 Å². The van der Waals surface area contributed by atoms with E-state index in [0.29, 0.717) is 43.4 Å². The number of fused-ring (bicyclic) bond motifs is 3. The van der Waals surface area contributed by atoms with Crippen LogP contribution in [0.4, 0.5) is 22.7 Å². The lowest BCUT2D eigenvalue weighted by Gasteiger charge is -2.12. The van der Waals surface area contributed by atoms with E-state index in [2.05, 4.69) is 43.1 Å². The van der Waals surface area contributed by atoms with E-state index in [9.17, 15) is 9.59 Å². The molecule has 0 aliphatic carbocycles. The Morgan fingerprint density at radius 2 is 1.21 bits per heavy atom. The molecule has 0 atom stereocenters. The Balaban J connectivity index is 0.000000180. The number of thiophene rings is 2. The monoisotopic (exact) mass is 908 g/mol. The van der Waals surface area contributed by atoms with Gasteiger partial charge in [-0.25, -0.2) is 9.98 Å². The molecule has 13 heteroatoms. The molecule has 9 aromatic rings. The fourth-order valence-electron chi connectivity index (χ4n) is 7.13. The Hall–Kier alpha value is -8.00. The SMILES string of the molecule is NC(=Nc1ccc(CC(=O)NCCOc2cccc3[nH]c4ccccc4c23)cc1)c1cccs1.NC(=Nc1ccc(CCNC(=O)c2ccccc2Nc2ccccc2)cc1)c1cccs1. The second-order valence-corrected chi connectivity index (χ2v) is 16.9. The van der Waals surface area contributed by atoms with Crippen molar-refractivity contribution < 1.29 is 14.3 Å². The molecule has 0 aliphatic heterocycles. The Morgan fingerprint density at radius 3 is 1.89 bits per heavy atom. The number of para-hydroxylation sites is 3. The minimum absolute atomic E-state index is 0.0525. The molecule has 66 heavy (non-hydrogen) atoms. The number of aromatic amines is 1. The number of ether oxygens (including phenoxy) is 1. The van der Waals surface area contributed by atoms with Crippen LogP contribution in [0, 0.1) is 0 Å². The van der Waals surface area contributed by atoms with Crippen LogP contribution in [0.1, 0.15) is 31.2 Å². The average Bonchev–Trinajstić information content (AvgIpc) is 4.16. The normalized spacial score (nSPS) is 11.5. The number of carbonyl (C=O) groups is 2. The number of nitrogens with one attached hydrogen (secondary N) is 4. The van der Waals surface area contributed by atoms with Crippen LogP contribution in [-0.4, -0.2) is 48.2 Å². The first-order valence-corrected chi connectivity index (χ1v) is 23.1. The Kier molecular flexibility index (Phi) is 14.9. The molecule has 6 aromatic carbocycles. The van der Waals surface area contributed by atoms with E-state index in [1.54, 1.807) is 22.7 Å². The van der Waals surface area contributed by atoms with E-state index in [1.165, 1.54) is 0 Å². The van der Waals surface area contributed by atoms with Gasteiger partial charge in [0, 0.05) is 28.5 Å². The highest BCUT2D eigenvalue weighted by Crippen LogP contribution is 2.33. The number of aliphatic imine (C=N–C) groups is 2. The molecule has 0 unspecified atom stereocenters. The second-order valence-electron chi connectivity index (χ2n) is 15.0. The van der Waals surface area contributed by atoms with Crippen molar-refractivity contribution in [3.05, 3.63) is 207 Å². The molecule has 0 saturated carbocycles. The molecule has 2 amide bonds. The maximum absolute atomic E-state index is 12.8. The maximum atomic E-state index is 12.8. The van der Waals surface area contributed by atoms with Crippen molar-refractivity contribution >= 4 is 90.7 Å². The number of hydrogen-bond acceptors (Lipinski definition) is 8. The minimum atomic E-state index is -0.103. The van der Waals surface area contributed by atoms with E-state index in [4.69, 9.17) is 16.2 Å². The van der Waals surface area contributed by atoms with Gasteiger partial charge in [0.1, 0.15) is 24.0 Å². The lowest BCUT2D eigenvalue weighted by molar-refractivity contribution is -0.120. The molecular weight excluding hydrogens is 861 g/mol. The molecule has 0 fully saturated rings. The number of anilines is 2. The van der Waals surface area contributed by atoms with Gasteiger partial charge in [-0.2, -0.15) is 0 Å². The summed E-state index contributed by atoms with van der Waals surface area (Å²) in [6, 6.07) is 54.7. The fourth-order valence-corrected chi connectivity index (χ4v) is 8.39. The quantitative estimate of drug-likeness (QED) is 0.0320. The number of nitrogens with two attached hydrogens (primary N) is 2. The van der Waals surface area contributed by atoms with E-state index < -0.39 is 0 Å². The van der Waals surface area contributed by atoms with E-state index in [-0.39, 0.29) is 11.8 Å². The van der Waals surface area contributed by atoms with Crippen molar-refractivity contribution in [2.24, 2.45) is 21.5 Å². The molecule has 0 aliphatic rings. The third-order valence-electron chi connectivity index (χ3n) is 10.4. The summed E-state index contributed by atoms with van der Waals surface area (Å²) in [6.07, 6.45) is 1.02. The zero-order valence-electron chi connectivity index (χ0n) is 35.9. The first-order valence-electron chi connectivity index (χ1n) is 21.4. The first-order chi connectivity index (χ1) is 32.4. The number of amidine groups is 2. The summed E-state index contributed by atoms with van der Waals surface area (Å²) in [5.74, 6) is 1.66. The van der Waals surface area contributed by atoms with Gasteiger partial charge in [-0.3, -0.25) is 9.59 Å². The molecule has 3 heterocycles. The Labute approximate surface area is 390 Å². The summed E-state index contributed by atoms with van der Waals surface area (Å²) in [4.78, 5) is 39.3. The summed E-state index contributed by atoms with van der Waals surface area (Å²) in [5, 5.41) is 15.4. The van der Waals surface area contributed by atoms with Crippen molar-refractivity contribution in [2.45, 2.75) is 12.8 Å². The topological polar surface area (TPSA) is 172 Å². The van der Waals surface area contributed by atoms with Gasteiger partial charge < -0.3 is 37.1 Å². The Bertz CT molecular complexity index is 3060. The first kappa shape index (κ1) is 44.6. The predicted molar refractivity (Wildman–Crippen MR) is 273 cm³/mol. The number of amides is 2. The summed E-state index contributed by atoms with van der Waals surface area (Å²) in [7, 11) is 0. The molecule has 0 saturated heterocycles. The van der Waals surface area contributed by atoms with Gasteiger partial charge in [0.25, 0.3) is 5.91 Å². The van der Waals surface area contributed by atoms with Crippen LogP contribution in [0.15, 0.2) is 191 Å². The summed E-state index contributed by atoms with van der Waals surface area (Å²) < 4.78 is 6.01. The van der Waals surface area contributed by atoms with E-state index >= 15 is 0 Å². The molecule has 0 bridgehead atoms. The molecule has 11 nitrogen and oxygen atoms in total. The van der Waals surface area contributed by atoms with Gasteiger partial charge in [0.05, 0.1) is 50.9 Å². The van der Waals surface area contributed by atoms with Crippen LogP contribution < -0.4 is 32.2 Å². The lowest BCUT2D eigenvalue weighted by atomic mass is 10.1. The van der Waals surface area contributed by atoms with Crippen molar-refractivity contribution in [3.63, 3.8) is 0 Å². The Morgan fingerprint density at radius 1 is 0.591 bits per heavy atom. The zero-order valence-corrected chi connectivity index (χ0v) is 37.6. The van der Waals surface area contributed by atoms with Gasteiger partial charge in [-0.1, -0.05) is 91.0 Å². The summed E-state index contributed by atoms with van der Waals surface area (Å²) in [5.41, 5.74) is 20.1. The predicted octanol–water partition coefficient (Wildman–Crippen LogP) is 10.7. The van der Waals surface area contributed by atoms with Gasteiger partial charge in [0.15, 0.2) is 0 Å². The van der Waals surface area contributed by atoms with Gasteiger partial charge in [0.2, 0.25) is 5.91 Å². The molecular formula is C53H48N8O3S2. The fraction of sp³-hybridized carbons (Fsp3) is 0.0943. The molecule has 8 N–H and O–H groups in total. The third kappa shape index (κ3) is 12.0. The number of rotatable bonds is 16. The van der Waals surface area contributed by atoms with Crippen LogP contribution in [0.2, 0.25) is 0 Å². The highest BCUT2D eigenvalue weighted by atomic mass is 32.1. The molecule has 9 rings (SSSR count). The number of benzene rings is 6. The lowest BCUT2D eigenvalue weighted by Crippen LogP contribution is -2.29. The van der Waals surface area contributed by atoms with Crippen molar-refractivity contribution in [1.29, 1.82) is 0 Å². The standard InChI is InChI=1S/C27H24N4O2S.C26H24N4OS/c28-27(24-9-4-16-34-24)30-19-12-10-18(11-13-19)17-25(32)29-14-15-33-23-8-3-7-22-26(23)20-5-1-2-6-21(20)31-22;27-25(24-11-6-18-32-24)30-21-14-12-19(13-15-21)16-17-28-26(31)22-9-4-5-10-23(22)29-20-7-2-1-3-8-20/h1-13,16,31H,14-15,17H2,(H2,28,30)(H,29,32);1-15,18,29H,16-17H2,(H2,27,30)(H,28,31). The van der Waals surface area contributed by atoms with E-state index in [1.807, 2.05) is 168 Å². The molecule has 3 aromatic heterocycles. The third-order valence-corrected chi connectivity index (χ3v) is 12.2. The molecule has 0 radical (unpaired) electrons. The number of H-pyrrole nitrogens is 1. The average molecular weight is 909 g/mol. The van der Waals surface area contributed by atoms with Gasteiger partial charge in [-0.05, 0) is 107 Å². The van der Waals surface area contributed by atoms with Crippen LogP contribution >= 0.6 is 22.7 Å². The maximum Gasteiger partial charge on any atom is 0.253 e. The van der Waals surface area contributed by atoms with Crippen LogP contribution in [0.5, 0.6) is 5.75 Å². The second kappa shape index (κ2) is 22.1. The van der Waals surface area contributed by atoms with Crippen molar-refractivity contribution in [2.75, 3.05) is 25.0 Å². The summed E-state index contributed by atoms with van der Waals surface area (Å²) >= 11 is 3.12. The molecule has 0 spiro atoms. The largest absolute Gasteiger partial charge is 0.491 e. The minimum Gasteiger partial charge on any atom is -0.491 e.